The van der Waals surface area contributed by atoms with E-state index in [1.54, 1.807) is 6.08 Å². The molecule has 0 radical (unpaired) electrons. The van der Waals surface area contributed by atoms with Crippen molar-refractivity contribution in [2.75, 3.05) is 13.2 Å². The topological polar surface area (TPSA) is 143 Å². The number of aliphatic hydroxyl groups is 1. The Morgan fingerprint density at radius 1 is 0.867 bits per heavy atom. The Morgan fingerprint density at radius 2 is 1.49 bits per heavy atom. The number of esters is 1. The van der Waals surface area contributed by atoms with Crippen molar-refractivity contribution in [1.82, 2.24) is 16.0 Å². The van der Waals surface area contributed by atoms with Gasteiger partial charge in [-0.05, 0) is 43.2 Å². The second kappa shape index (κ2) is 18.4. The average Bonchev–Trinajstić information content (AvgIpc) is 3.51. The molecule has 3 rings (SSSR count). The lowest BCUT2D eigenvalue weighted by Gasteiger charge is -2.32. The van der Waals surface area contributed by atoms with Crippen LogP contribution in [0.1, 0.15) is 56.1 Å². The normalized spacial score (nSPS) is 15.5. The van der Waals surface area contributed by atoms with E-state index in [9.17, 15) is 24.3 Å². The molecule has 1 aliphatic rings. The molecule has 2 aromatic rings. The van der Waals surface area contributed by atoms with E-state index < -0.39 is 35.6 Å². The van der Waals surface area contributed by atoms with Crippen molar-refractivity contribution in [3.05, 3.63) is 97.1 Å². The number of carbonyl (C=O) groups excluding carboxylic acids is 4. The quantitative estimate of drug-likeness (QED) is 0.145. The number of nitrogens with one attached hydrogen (secondary N) is 3. The van der Waals surface area contributed by atoms with Gasteiger partial charge in [0.25, 0.3) is 0 Å². The fourth-order valence-corrected chi connectivity index (χ4v) is 5.37. The summed E-state index contributed by atoms with van der Waals surface area (Å²) in [5, 5.41) is 18.3. The van der Waals surface area contributed by atoms with E-state index in [1.165, 1.54) is 6.08 Å². The second-order valence-corrected chi connectivity index (χ2v) is 11.4. The second-order valence-electron chi connectivity index (χ2n) is 11.4. The van der Waals surface area contributed by atoms with Gasteiger partial charge in [0.1, 0.15) is 19.3 Å². The first-order chi connectivity index (χ1) is 21.8. The number of allylic oxidation sites excluding steroid dienone is 1. The van der Waals surface area contributed by atoms with Crippen molar-refractivity contribution < 1.29 is 33.8 Å². The summed E-state index contributed by atoms with van der Waals surface area (Å²) in [5.41, 5.74) is 0.988. The summed E-state index contributed by atoms with van der Waals surface area (Å²) in [6.45, 7) is 7.15. The van der Waals surface area contributed by atoms with Crippen molar-refractivity contribution in [2.45, 2.75) is 75.6 Å². The van der Waals surface area contributed by atoms with Gasteiger partial charge < -0.3 is 30.5 Å². The molecule has 0 aliphatic heterocycles. The van der Waals surface area contributed by atoms with Crippen LogP contribution in [0.25, 0.3) is 0 Å². The van der Waals surface area contributed by atoms with Crippen LogP contribution in [0, 0.1) is 5.92 Å². The Labute approximate surface area is 265 Å². The minimum absolute atomic E-state index is 0.0508. The van der Waals surface area contributed by atoms with Crippen molar-refractivity contribution in [1.29, 1.82) is 0 Å². The Morgan fingerprint density at radius 3 is 2.09 bits per heavy atom. The molecule has 0 unspecified atom stereocenters. The maximum atomic E-state index is 13.5. The first-order valence-electron chi connectivity index (χ1n) is 15.4. The van der Waals surface area contributed by atoms with Gasteiger partial charge in [-0.2, -0.15) is 0 Å². The average molecular weight is 620 g/mol. The van der Waals surface area contributed by atoms with Gasteiger partial charge in [-0.1, -0.05) is 85.7 Å². The molecule has 0 heterocycles. The van der Waals surface area contributed by atoms with Gasteiger partial charge in [-0.3, -0.25) is 9.59 Å². The summed E-state index contributed by atoms with van der Waals surface area (Å²) >= 11 is 0. The molecule has 10 nitrogen and oxygen atoms in total. The van der Waals surface area contributed by atoms with E-state index in [4.69, 9.17) is 9.47 Å². The zero-order valence-electron chi connectivity index (χ0n) is 25.7. The molecule has 0 saturated heterocycles. The first-order valence-corrected chi connectivity index (χ1v) is 15.4. The number of carbonyl (C=O) groups is 4. The van der Waals surface area contributed by atoms with Crippen LogP contribution in [-0.2, 0) is 36.9 Å². The van der Waals surface area contributed by atoms with Gasteiger partial charge in [0, 0.05) is 6.42 Å². The van der Waals surface area contributed by atoms with E-state index in [-0.39, 0.29) is 50.9 Å². The summed E-state index contributed by atoms with van der Waals surface area (Å²) in [7, 11) is 0. The molecule has 2 aromatic carbocycles. The minimum atomic E-state index is -1.01. The van der Waals surface area contributed by atoms with Crippen LogP contribution in [0.4, 0.5) is 4.79 Å². The summed E-state index contributed by atoms with van der Waals surface area (Å²) < 4.78 is 10.9. The highest BCUT2D eigenvalue weighted by Crippen LogP contribution is 2.31. The SMILES string of the molecule is C=CC[C@H](CC(=O)N[C@@H](CO)Cc1ccccc1)C(=O)NC1(COC(=O)[C@@H](CC=C)NC(=O)OCc2ccccc2)CCCC1. The van der Waals surface area contributed by atoms with Gasteiger partial charge in [0.2, 0.25) is 11.8 Å². The highest BCUT2D eigenvalue weighted by atomic mass is 16.6. The Kier molecular flexibility index (Phi) is 14.3. The van der Waals surface area contributed by atoms with Gasteiger partial charge in [0.05, 0.1) is 24.1 Å². The molecule has 0 bridgehead atoms. The molecular formula is C35H45N3O7. The van der Waals surface area contributed by atoms with Gasteiger partial charge >= 0.3 is 12.1 Å². The zero-order valence-corrected chi connectivity index (χ0v) is 25.7. The molecule has 4 N–H and O–H groups in total. The number of hydrogen-bond donors (Lipinski definition) is 4. The van der Waals surface area contributed by atoms with Crippen molar-refractivity contribution in [3.63, 3.8) is 0 Å². The van der Waals surface area contributed by atoms with E-state index >= 15 is 0 Å². The van der Waals surface area contributed by atoms with E-state index in [1.807, 2.05) is 60.7 Å². The molecule has 45 heavy (non-hydrogen) atoms. The molecule has 0 spiro atoms. The predicted molar refractivity (Wildman–Crippen MR) is 171 cm³/mol. The zero-order chi connectivity index (χ0) is 32.5. The summed E-state index contributed by atoms with van der Waals surface area (Å²) in [6, 6.07) is 17.2. The van der Waals surface area contributed by atoms with Crippen LogP contribution < -0.4 is 16.0 Å². The van der Waals surface area contributed by atoms with Crippen LogP contribution in [0.5, 0.6) is 0 Å². The highest BCUT2D eigenvalue weighted by Gasteiger charge is 2.39. The molecule has 1 aliphatic carbocycles. The number of ether oxygens (including phenoxy) is 2. The molecule has 0 aromatic heterocycles. The monoisotopic (exact) mass is 619 g/mol. The third kappa shape index (κ3) is 11.9. The molecule has 3 amide bonds. The molecule has 242 valence electrons. The third-order valence-corrected chi connectivity index (χ3v) is 7.80. The number of rotatable bonds is 18. The van der Waals surface area contributed by atoms with E-state index in [2.05, 4.69) is 29.1 Å². The lowest BCUT2D eigenvalue weighted by Crippen LogP contribution is -2.53. The number of aliphatic hydroxyl groups excluding tert-OH is 1. The lowest BCUT2D eigenvalue weighted by molar-refractivity contribution is -0.149. The van der Waals surface area contributed by atoms with Crippen molar-refractivity contribution in [3.8, 4) is 0 Å². The predicted octanol–water partition coefficient (Wildman–Crippen LogP) is 4.13. The van der Waals surface area contributed by atoms with Crippen LogP contribution in [0.2, 0.25) is 0 Å². The smallest absolute Gasteiger partial charge is 0.408 e. The molecule has 3 atom stereocenters. The highest BCUT2D eigenvalue weighted by molar-refractivity contribution is 5.86. The van der Waals surface area contributed by atoms with Crippen molar-refractivity contribution >= 4 is 23.9 Å². The fourth-order valence-electron chi connectivity index (χ4n) is 5.37. The van der Waals surface area contributed by atoms with E-state index in [0.29, 0.717) is 19.3 Å². The van der Waals surface area contributed by atoms with Crippen LogP contribution in [0.3, 0.4) is 0 Å². The Bertz CT molecular complexity index is 1260. The van der Waals surface area contributed by atoms with Crippen LogP contribution in [0.15, 0.2) is 86.0 Å². The van der Waals surface area contributed by atoms with Crippen LogP contribution in [-0.4, -0.2) is 59.8 Å². The summed E-state index contributed by atoms with van der Waals surface area (Å²) in [5.74, 6) is -2.04. The third-order valence-electron chi connectivity index (χ3n) is 7.80. The molecule has 10 heteroatoms. The number of alkyl carbamates (subject to hydrolysis) is 1. The number of hydrogen-bond acceptors (Lipinski definition) is 7. The van der Waals surface area contributed by atoms with Crippen LogP contribution >= 0.6 is 0 Å². The van der Waals surface area contributed by atoms with Crippen molar-refractivity contribution in [2.24, 2.45) is 5.92 Å². The summed E-state index contributed by atoms with van der Waals surface area (Å²) in [4.78, 5) is 51.8. The lowest BCUT2D eigenvalue weighted by atomic mass is 9.94. The minimum Gasteiger partial charge on any atom is -0.462 e. The molecular weight excluding hydrogens is 574 g/mol. The maximum absolute atomic E-state index is 13.5. The maximum Gasteiger partial charge on any atom is 0.408 e. The fraction of sp³-hybridized carbons (Fsp3) is 0.429. The van der Waals surface area contributed by atoms with Gasteiger partial charge in [0.15, 0.2) is 0 Å². The summed E-state index contributed by atoms with van der Waals surface area (Å²) in [6.07, 6.45) is 5.98. The van der Waals surface area contributed by atoms with Gasteiger partial charge in [-0.25, -0.2) is 9.59 Å². The first kappa shape index (κ1) is 35.0. The molecule has 1 saturated carbocycles. The standard InChI is InChI=1S/C35H45N3O7/c1-3-13-28(22-31(40)36-29(23-39)21-26-15-7-5-8-16-26)32(41)38-35(19-11-12-20-35)25-45-33(42)30(14-4-2)37-34(43)44-24-27-17-9-6-10-18-27/h3-10,15-18,28-30,39H,1-2,11-14,19-25H2,(H,36,40)(H,37,43)(H,38,41)/t28-,29-,30-/m1/s1. The number of benzene rings is 2. The molecule has 1 fully saturated rings. The number of amides is 3. The van der Waals surface area contributed by atoms with E-state index in [0.717, 1.165) is 24.0 Å². The Balaban J connectivity index is 1.56. The van der Waals surface area contributed by atoms with Gasteiger partial charge in [-0.15, -0.1) is 13.2 Å². The Hall–Kier alpha value is -4.44. The largest absolute Gasteiger partial charge is 0.462 e.